The maximum atomic E-state index is 13.0. The van der Waals surface area contributed by atoms with E-state index in [1.807, 2.05) is 0 Å². The molecule has 1 aromatic carbocycles. The summed E-state index contributed by atoms with van der Waals surface area (Å²) in [5.41, 5.74) is -0.192. The maximum absolute atomic E-state index is 13.0. The van der Waals surface area contributed by atoms with Gasteiger partial charge in [-0.1, -0.05) is 6.07 Å². The molecule has 7 heteroatoms. The lowest BCUT2D eigenvalue weighted by Gasteiger charge is -2.21. The molecule has 2 aliphatic heterocycles. The summed E-state index contributed by atoms with van der Waals surface area (Å²) < 4.78 is 39.1. The van der Waals surface area contributed by atoms with Crippen LogP contribution in [0, 0.1) is 5.92 Å². The molecule has 1 aromatic rings. The molecule has 2 aliphatic rings. The van der Waals surface area contributed by atoms with Crippen LogP contribution in [0.2, 0.25) is 0 Å². The van der Waals surface area contributed by atoms with E-state index >= 15 is 0 Å². The zero-order chi connectivity index (χ0) is 16.1. The van der Waals surface area contributed by atoms with Crippen molar-refractivity contribution in [3.63, 3.8) is 0 Å². The van der Waals surface area contributed by atoms with Crippen molar-refractivity contribution in [3.8, 4) is 0 Å². The van der Waals surface area contributed by atoms with Crippen LogP contribution < -0.4 is 4.90 Å². The molecule has 4 nitrogen and oxygen atoms in total. The number of nitrogens with zero attached hydrogens (tertiary/aromatic N) is 2. The molecule has 3 rings (SSSR count). The molecule has 0 aliphatic carbocycles. The summed E-state index contributed by atoms with van der Waals surface area (Å²) in [5, 5.41) is 0. The summed E-state index contributed by atoms with van der Waals surface area (Å²) in [4.78, 5) is 26.9. The Morgan fingerprint density at radius 2 is 2.05 bits per heavy atom. The Kier molecular flexibility index (Phi) is 3.38. The first kappa shape index (κ1) is 14.9. The number of carbonyl (C=O) groups is 2. The van der Waals surface area contributed by atoms with E-state index in [0.717, 1.165) is 6.07 Å². The number of halogens is 3. The SMILES string of the molecule is CN1C[C@H](C(=O)N2CCc3c2cccc3C(F)(F)F)CC1=O. The minimum atomic E-state index is -4.42. The fraction of sp³-hybridized carbons (Fsp3) is 0.467. The molecule has 22 heavy (non-hydrogen) atoms. The van der Waals surface area contributed by atoms with Crippen molar-refractivity contribution >= 4 is 17.5 Å². The fourth-order valence-corrected chi connectivity index (χ4v) is 3.18. The van der Waals surface area contributed by atoms with Crippen LogP contribution in [-0.2, 0) is 22.2 Å². The van der Waals surface area contributed by atoms with Gasteiger partial charge in [0.1, 0.15) is 0 Å². The molecule has 0 N–H and O–H groups in total. The number of rotatable bonds is 1. The van der Waals surface area contributed by atoms with Gasteiger partial charge >= 0.3 is 6.18 Å². The van der Waals surface area contributed by atoms with Gasteiger partial charge in [-0.2, -0.15) is 13.2 Å². The largest absolute Gasteiger partial charge is 0.416 e. The Morgan fingerprint density at radius 3 is 2.64 bits per heavy atom. The first-order valence-electron chi connectivity index (χ1n) is 7.03. The summed E-state index contributed by atoms with van der Waals surface area (Å²) >= 11 is 0. The summed E-state index contributed by atoms with van der Waals surface area (Å²) in [6.45, 7) is 0.554. The van der Waals surface area contributed by atoms with Crippen molar-refractivity contribution < 1.29 is 22.8 Å². The Hall–Kier alpha value is -2.05. The predicted octanol–water partition coefficient (Wildman–Crippen LogP) is 2.07. The van der Waals surface area contributed by atoms with Crippen LogP contribution in [0.4, 0.5) is 18.9 Å². The number of hydrogen-bond donors (Lipinski definition) is 0. The molecular weight excluding hydrogens is 297 g/mol. The molecule has 118 valence electrons. The lowest BCUT2D eigenvalue weighted by molar-refractivity contribution is -0.138. The molecule has 2 heterocycles. The number of hydrogen-bond acceptors (Lipinski definition) is 2. The second-order valence-corrected chi connectivity index (χ2v) is 5.72. The smallest absolute Gasteiger partial charge is 0.345 e. The van der Waals surface area contributed by atoms with Gasteiger partial charge in [0.15, 0.2) is 0 Å². The van der Waals surface area contributed by atoms with E-state index in [-0.39, 0.29) is 36.8 Å². The number of amides is 2. The van der Waals surface area contributed by atoms with Crippen LogP contribution >= 0.6 is 0 Å². The zero-order valence-electron chi connectivity index (χ0n) is 12.0. The summed E-state index contributed by atoms with van der Waals surface area (Å²) in [6.07, 6.45) is -4.11. The van der Waals surface area contributed by atoms with Crippen molar-refractivity contribution in [3.05, 3.63) is 29.3 Å². The highest BCUT2D eigenvalue weighted by atomic mass is 19.4. The normalized spacial score (nSPS) is 21.5. The number of anilines is 1. The van der Waals surface area contributed by atoms with Crippen LogP contribution in [0.15, 0.2) is 18.2 Å². The van der Waals surface area contributed by atoms with Gasteiger partial charge in [-0.3, -0.25) is 9.59 Å². The van der Waals surface area contributed by atoms with Crippen molar-refractivity contribution in [1.29, 1.82) is 0 Å². The highest BCUT2D eigenvalue weighted by molar-refractivity contribution is 6.00. The summed E-state index contributed by atoms with van der Waals surface area (Å²) in [6, 6.07) is 3.90. The minimum Gasteiger partial charge on any atom is -0.345 e. The van der Waals surface area contributed by atoms with Gasteiger partial charge in [0, 0.05) is 32.2 Å². The third-order valence-electron chi connectivity index (χ3n) is 4.29. The zero-order valence-corrected chi connectivity index (χ0v) is 12.0. The number of carbonyl (C=O) groups excluding carboxylic acids is 2. The number of fused-ring (bicyclic) bond motifs is 1. The lowest BCUT2D eigenvalue weighted by atomic mass is 10.0. The second kappa shape index (κ2) is 5.00. The van der Waals surface area contributed by atoms with Crippen molar-refractivity contribution in [2.75, 3.05) is 25.0 Å². The van der Waals surface area contributed by atoms with Gasteiger partial charge in [0.25, 0.3) is 0 Å². The molecule has 0 unspecified atom stereocenters. The Balaban J connectivity index is 1.89. The van der Waals surface area contributed by atoms with Crippen LogP contribution in [0.5, 0.6) is 0 Å². The van der Waals surface area contributed by atoms with Crippen LogP contribution in [0.3, 0.4) is 0 Å². The van der Waals surface area contributed by atoms with Crippen LogP contribution in [-0.4, -0.2) is 36.9 Å². The Morgan fingerprint density at radius 1 is 1.32 bits per heavy atom. The van der Waals surface area contributed by atoms with E-state index in [2.05, 4.69) is 0 Å². The molecule has 1 saturated heterocycles. The van der Waals surface area contributed by atoms with E-state index < -0.39 is 17.7 Å². The molecule has 0 spiro atoms. The molecule has 0 saturated carbocycles. The van der Waals surface area contributed by atoms with Gasteiger partial charge < -0.3 is 9.80 Å². The first-order chi connectivity index (χ1) is 10.3. The fourth-order valence-electron chi connectivity index (χ4n) is 3.18. The van der Waals surface area contributed by atoms with E-state index in [1.54, 1.807) is 7.05 Å². The van der Waals surface area contributed by atoms with Gasteiger partial charge in [-0.15, -0.1) is 0 Å². The maximum Gasteiger partial charge on any atom is 0.416 e. The third-order valence-corrected chi connectivity index (χ3v) is 4.29. The molecule has 0 bridgehead atoms. The average molecular weight is 312 g/mol. The first-order valence-corrected chi connectivity index (χ1v) is 7.03. The van der Waals surface area contributed by atoms with E-state index in [0.29, 0.717) is 12.2 Å². The highest BCUT2D eigenvalue weighted by Gasteiger charge is 2.40. The summed E-state index contributed by atoms with van der Waals surface area (Å²) in [5.74, 6) is -0.851. The molecule has 2 amide bonds. The molecule has 1 fully saturated rings. The van der Waals surface area contributed by atoms with Crippen LogP contribution in [0.25, 0.3) is 0 Å². The van der Waals surface area contributed by atoms with Crippen molar-refractivity contribution in [1.82, 2.24) is 4.90 Å². The number of alkyl halides is 3. The van der Waals surface area contributed by atoms with Crippen LogP contribution in [0.1, 0.15) is 17.5 Å². The van der Waals surface area contributed by atoms with Gasteiger partial charge in [-0.05, 0) is 24.1 Å². The Labute approximate surface area is 125 Å². The Bertz CT molecular complexity index is 642. The molecular formula is C15H15F3N2O2. The molecule has 0 radical (unpaired) electrons. The van der Waals surface area contributed by atoms with Gasteiger partial charge in [0.2, 0.25) is 11.8 Å². The van der Waals surface area contributed by atoms with Crippen molar-refractivity contribution in [2.45, 2.75) is 19.0 Å². The summed E-state index contributed by atoms with van der Waals surface area (Å²) in [7, 11) is 1.62. The molecule has 0 aromatic heterocycles. The van der Waals surface area contributed by atoms with Gasteiger partial charge in [-0.25, -0.2) is 0 Å². The quantitative estimate of drug-likeness (QED) is 0.796. The highest BCUT2D eigenvalue weighted by Crippen LogP contribution is 2.40. The minimum absolute atomic E-state index is 0.109. The van der Waals surface area contributed by atoms with Gasteiger partial charge in [0.05, 0.1) is 11.5 Å². The predicted molar refractivity (Wildman–Crippen MR) is 73.2 cm³/mol. The standard InChI is InChI=1S/C15H15F3N2O2/c1-19-8-9(7-13(19)21)14(22)20-6-5-10-11(15(16,17)18)3-2-4-12(10)20/h2-4,9H,5-8H2,1H3/t9-/m1/s1. The van der Waals surface area contributed by atoms with E-state index in [4.69, 9.17) is 0 Å². The molecule has 1 atom stereocenters. The topological polar surface area (TPSA) is 40.6 Å². The average Bonchev–Trinajstić information content (AvgIpc) is 3.01. The second-order valence-electron chi connectivity index (χ2n) is 5.72. The number of likely N-dealkylation sites (tertiary alicyclic amines) is 1. The van der Waals surface area contributed by atoms with E-state index in [9.17, 15) is 22.8 Å². The third kappa shape index (κ3) is 2.34. The lowest BCUT2D eigenvalue weighted by Crippen LogP contribution is -2.36. The van der Waals surface area contributed by atoms with Crippen molar-refractivity contribution in [2.24, 2.45) is 5.92 Å². The number of benzene rings is 1. The monoisotopic (exact) mass is 312 g/mol. The van der Waals surface area contributed by atoms with E-state index in [1.165, 1.54) is 21.9 Å².